The van der Waals surface area contributed by atoms with Gasteiger partial charge in [-0.15, -0.1) is 6.42 Å². The van der Waals surface area contributed by atoms with Crippen LogP contribution in [-0.2, 0) is 20.7 Å². The maximum atomic E-state index is 14.7. The van der Waals surface area contributed by atoms with Crippen molar-refractivity contribution < 1.29 is 19.1 Å². The molecule has 240 valence electrons. The molecule has 0 radical (unpaired) electrons. The van der Waals surface area contributed by atoms with E-state index in [2.05, 4.69) is 30.4 Å². The predicted octanol–water partition coefficient (Wildman–Crippen LogP) is 7.34. The van der Waals surface area contributed by atoms with Crippen LogP contribution in [0.1, 0.15) is 116 Å². The molecule has 3 atom stereocenters. The van der Waals surface area contributed by atoms with Crippen LogP contribution in [0.5, 0.6) is 0 Å². The number of alkyl carbamates (subject to hydrolysis) is 1. The molecule has 0 aliphatic heterocycles. The topological polar surface area (TPSA) is 87.7 Å². The smallest absolute Gasteiger partial charge is 0.408 e. The van der Waals surface area contributed by atoms with Crippen molar-refractivity contribution in [1.82, 2.24) is 15.5 Å². The van der Waals surface area contributed by atoms with Gasteiger partial charge in [-0.3, -0.25) is 9.59 Å². The maximum Gasteiger partial charge on any atom is 0.408 e. The molecule has 0 spiro atoms. The fraction of sp³-hybridized carbons (Fsp3) is 0.541. The fourth-order valence-corrected chi connectivity index (χ4v) is 5.27. The van der Waals surface area contributed by atoms with Crippen molar-refractivity contribution in [1.29, 1.82) is 0 Å². The third kappa shape index (κ3) is 12.4. The molecular formula is C37H53N3O4. The van der Waals surface area contributed by atoms with E-state index in [9.17, 15) is 14.4 Å². The highest BCUT2D eigenvalue weighted by Gasteiger charge is 2.37. The van der Waals surface area contributed by atoms with Gasteiger partial charge in [0.1, 0.15) is 17.7 Å². The Morgan fingerprint density at radius 2 is 1.52 bits per heavy atom. The van der Waals surface area contributed by atoms with Gasteiger partial charge in [-0.25, -0.2) is 4.79 Å². The van der Waals surface area contributed by atoms with E-state index in [0.717, 1.165) is 50.5 Å². The second-order valence-electron chi connectivity index (χ2n) is 12.5. The summed E-state index contributed by atoms with van der Waals surface area (Å²) in [6.07, 6.45) is 13.3. The average Bonchev–Trinajstić information content (AvgIpc) is 2.97. The van der Waals surface area contributed by atoms with Crippen molar-refractivity contribution in [3.8, 4) is 12.3 Å². The highest BCUT2D eigenvalue weighted by molar-refractivity contribution is 5.92. The molecule has 0 saturated heterocycles. The molecule has 0 bridgehead atoms. The van der Waals surface area contributed by atoms with E-state index in [1.165, 1.54) is 0 Å². The number of nitrogens with zero attached hydrogens (tertiary/aromatic N) is 1. The van der Waals surface area contributed by atoms with E-state index in [0.29, 0.717) is 24.1 Å². The summed E-state index contributed by atoms with van der Waals surface area (Å²) >= 11 is 0. The third-order valence-corrected chi connectivity index (χ3v) is 7.39. The van der Waals surface area contributed by atoms with E-state index < -0.39 is 23.8 Å². The van der Waals surface area contributed by atoms with Crippen LogP contribution in [0.3, 0.4) is 0 Å². The molecule has 0 fully saturated rings. The minimum absolute atomic E-state index is 0.0843. The summed E-state index contributed by atoms with van der Waals surface area (Å²) in [4.78, 5) is 43.4. The van der Waals surface area contributed by atoms with E-state index in [1.807, 2.05) is 55.5 Å². The van der Waals surface area contributed by atoms with E-state index in [-0.39, 0.29) is 24.3 Å². The Balaban J connectivity index is 2.59. The lowest BCUT2D eigenvalue weighted by Gasteiger charge is -2.35. The Kier molecular flexibility index (Phi) is 15.5. The van der Waals surface area contributed by atoms with Crippen molar-refractivity contribution in [2.45, 2.75) is 123 Å². The maximum absolute atomic E-state index is 14.7. The molecule has 0 aliphatic rings. The lowest BCUT2D eigenvalue weighted by molar-refractivity contribution is -0.142. The second-order valence-corrected chi connectivity index (χ2v) is 12.5. The molecule has 2 rings (SSSR count). The van der Waals surface area contributed by atoms with Gasteiger partial charge in [-0.2, -0.15) is 0 Å². The lowest BCUT2D eigenvalue weighted by atomic mass is 9.95. The van der Waals surface area contributed by atoms with Crippen molar-refractivity contribution in [3.05, 3.63) is 71.3 Å². The molecule has 7 heteroatoms. The number of carbonyl (C=O) groups excluding carboxylic acids is 3. The zero-order valence-electron chi connectivity index (χ0n) is 27.7. The van der Waals surface area contributed by atoms with Gasteiger partial charge in [0.15, 0.2) is 0 Å². The first-order chi connectivity index (χ1) is 21.0. The monoisotopic (exact) mass is 603 g/mol. The zero-order valence-corrected chi connectivity index (χ0v) is 27.7. The zero-order chi connectivity index (χ0) is 32.5. The van der Waals surface area contributed by atoms with Crippen LogP contribution in [-0.4, -0.2) is 47.0 Å². The Hall–Kier alpha value is -3.79. The van der Waals surface area contributed by atoms with Gasteiger partial charge in [0.25, 0.3) is 0 Å². The van der Waals surface area contributed by atoms with Gasteiger partial charge >= 0.3 is 6.09 Å². The number of ether oxygens (including phenoxy) is 1. The Morgan fingerprint density at radius 3 is 2.16 bits per heavy atom. The van der Waals surface area contributed by atoms with E-state index in [4.69, 9.17) is 11.2 Å². The van der Waals surface area contributed by atoms with Crippen LogP contribution in [0.25, 0.3) is 0 Å². The highest BCUT2D eigenvalue weighted by atomic mass is 16.6. The number of hydrogen-bond acceptors (Lipinski definition) is 4. The van der Waals surface area contributed by atoms with Gasteiger partial charge in [0, 0.05) is 24.6 Å². The summed E-state index contributed by atoms with van der Waals surface area (Å²) < 4.78 is 5.55. The number of amides is 3. The minimum Gasteiger partial charge on any atom is -0.444 e. The molecule has 7 nitrogen and oxygen atoms in total. The molecule has 0 heterocycles. The number of nitrogens with one attached hydrogen (secondary N) is 2. The first-order valence-corrected chi connectivity index (χ1v) is 16.2. The molecule has 2 N–H and O–H groups in total. The minimum atomic E-state index is -0.969. The standard InChI is InChI=1S/C37H53N3O4/c1-8-11-12-13-14-20-26-40(33(34(41)38-28(4)21-9-2)31-25-19-18-24-30(31)10-3)35(42)32(27-29-22-16-15-17-23-29)39-36(43)44-37(5,6)7/h3,15-19,22-25,28,32-33H,8-9,11-14,20-21,26-27H2,1-2,4-7H3,(H,38,41)(H,39,43). The number of unbranched alkanes of at least 4 members (excludes halogenated alkanes) is 5. The van der Waals surface area contributed by atoms with Crippen LogP contribution in [0, 0.1) is 12.3 Å². The van der Waals surface area contributed by atoms with Crippen molar-refractivity contribution in [2.24, 2.45) is 0 Å². The van der Waals surface area contributed by atoms with Crippen LogP contribution in [0.15, 0.2) is 54.6 Å². The Bertz CT molecular complexity index is 1220. The molecule has 0 saturated carbocycles. The van der Waals surface area contributed by atoms with E-state index >= 15 is 0 Å². The molecular weight excluding hydrogens is 550 g/mol. The number of benzene rings is 2. The molecule has 0 aromatic heterocycles. The predicted molar refractivity (Wildman–Crippen MR) is 178 cm³/mol. The fourth-order valence-electron chi connectivity index (χ4n) is 5.27. The van der Waals surface area contributed by atoms with Crippen molar-refractivity contribution in [3.63, 3.8) is 0 Å². The molecule has 3 unspecified atom stereocenters. The van der Waals surface area contributed by atoms with Crippen LogP contribution < -0.4 is 10.6 Å². The van der Waals surface area contributed by atoms with Crippen LogP contribution in [0.4, 0.5) is 4.79 Å². The summed E-state index contributed by atoms with van der Waals surface area (Å²) in [7, 11) is 0. The van der Waals surface area contributed by atoms with Gasteiger partial charge in [0.2, 0.25) is 11.8 Å². The van der Waals surface area contributed by atoms with Gasteiger partial charge < -0.3 is 20.3 Å². The SMILES string of the molecule is C#Cc1ccccc1C(C(=O)NC(C)CCC)N(CCCCCCCC)C(=O)C(Cc1ccccc1)NC(=O)OC(C)(C)C. The van der Waals surface area contributed by atoms with Gasteiger partial charge in [-0.1, -0.05) is 107 Å². The van der Waals surface area contributed by atoms with Gasteiger partial charge in [-0.05, 0) is 57.7 Å². The normalized spacial score (nSPS) is 13.2. The first-order valence-electron chi connectivity index (χ1n) is 16.2. The van der Waals surface area contributed by atoms with Crippen LogP contribution >= 0.6 is 0 Å². The molecule has 3 amide bonds. The average molecular weight is 604 g/mol. The molecule has 2 aromatic rings. The summed E-state index contributed by atoms with van der Waals surface area (Å²) in [5.41, 5.74) is 1.28. The first kappa shape index (κ1) is 36.4. The molecule has 2 aromatic carbocycles. The Morgan fingerprint density at radius 1 is 0.886 bits per heavy atom. The Labute approximate surface area is 265 Å². The summed E-state index contributed by atoms with van der Waals surface area (Å²) in [6.45, 7) is 11.9. The molecule has 0 aliphatic carbocycles. The molecule has 44 heavy (non-hydrogen) atoms. The van der Waals surface area contributed by atoms with Crippen LogP contribution in [0.2, 0.25) is 0 Å². The number of rotatable bonds is 17. The number of terminal acetylenes is 1. The third-order valence-electron chi connectivity index (χ3n) is 7.39. The summed E-state index contributed by atoms with van der Waals surface area (Å²) in [5, 5.41) is 5.96. The summed E-state index contributed by atoms with van der Waals surface area (Å²) in [6, 6.07) is 14.8. The van der Waals surface area contributed by atoms with Crippen molar-refractivity contribution in [2.75, 3.05) is 6.54 Å². The number of carbonyl (C=O) groups is 3. The summed E-state index contributed by atoms with van der Waals surface area (Å²) in [5.74, 6) is 2.07. The highest BCUT2D eigenvalue weighted by Crippen LogP contribution is 2.27. The number of hydrogen-bond donors (Lipinski definition) is 2. The van der Waals surface area contributed by atoms with Crippen molar-refractivity contribution >= 4 is 17.9 Å². The second kappa shape index (κ2) is 18.8. The van der Waals surface area contributed by atoms with Gasteiger partial charge in [0.05, 0.1) is 0 Å². The largest absolute Gasteiger partial charge is 0.444 e. The van der Waals surface area contributed by atoms with E-state index in [1.54, 1.807) is 31.7 Å². The lowest BCUT2D eigenvalue weighted by Crippen LogP contribution is -2.54. The quantitative estimate of drug-likeness (QED) is 0.146.